The van der Waals surface area contributed by atoms with Gasteiger partial charge in [-0.2, -0.15) is 0 Å². The molecule has 1 aromatic heterocycles. The summed E-state index contributed by atoms with van der Waals surface area (Å²) in [7, 11) is 0. The summed E-state index contributed by atoms with van der Waals surface area (Å²) in [4.78, 5) is 14.6. The van der Waals surface area contributed by atoms with Crippen LogP contribution >= 0.6 is 0 Å². The van der Waals surface area contributed by atoms with E-state index in [0.29, 0.717) is 23.5 Å². The number of aromatic nitrogens is 1. The van der Waals surface area contributed by atoms with Crippen LogP contribution in [0.4, 0.5) is 11.5 Å². The summed E-state index contributed by atoms with van der Waals surface area (Å²) in [5, 5.41) is 14.1. The second kappa shape index (κ2) is 4.92. The van der Waals surface area contributed by atoms with E-state index in [2.05, 4.69) is 22.4 Å². The van der Waals surface area contributed by atoms with Gasteiger partial charge in [0.25, 0.3) is 5.69 Å². The Kier molecular flexibility index (Phi) is 3.10. The molecule has 0 radical (unpaired) electrons. The average molecular weight is 269 g/mol. The smallest absolute Gasteiger partial charge is 0.290 e. The number of hydrogen-bond donors (Lipinski definition) is 1. The molecular formula is C15H15N3O2. The SMILES string of the molecule is Cc1nc(NC2CC2c2ccccc2)ccc1[N+](=O)[O-]. The first-order chi connectivity index (χ1) is 9.65. The molecule has 1 aromatic carbocycles. The van der Waals surface area contributed by atoms with Gasteiger partial charge in [-0.15, -0.1) is 0 Å². The van der Waals surface area contributed by atoms with E-state index in [4.69, 9.17) is 0 Å². The Bertz CT molecular complexity index is 643. The second-order valence-corrected chi connectivity index (χ2v) is 5.06. The summed E-state index contributed by atoms with van der Waals surface area (Å²) >= 11 is 0. The van der Waals surface area contributed by atoms with Gasteiger partial charge in [-0.3, -0.25) is 10.1 Å². The molecule has 2 unspecified atom stereocenters. The number of rotatable bonds is 4. The fourth-order valence-electron chi connectivity index (χ4n) is 2.44. The van der Waals surface area contributed by atoms with Crippen molar-refractivity contribution in [3.63, 3.8) is 0 Å². The summed E-state index contributed by atoms with van der Waals surface area (Å²) in [6, 6.07) is 13.9. The van der Waals surface area contributed by atoms with Gasteiger partial charge in [0.15, 0.2) is 0 Å². The van der Waals surface area contributed by atoms with Gasteiger partial charge >= 0.3 is 0 Å². The third kappa shape index (κ3) is 2.47. The average Bonchev–Trinajstić information content (AvgIpc) is 3.18. The van der Waals surface area contributed by atoms with Gasteiger partial charge in [0.05, 0.1) is 4.92 Å². The highest BCUT2D eigenvalue weighted by Gasteiger charge is 2.38. The summed E-state index contributed by atoms with van der Waals surface area (Å²) in [6.45, 7) is 1.66. The molecule has 0 bridgehead atoms. The highest BCUT2D eigenvalue weighted by atomic mass is 16.6. The first-order valence-electron chi connectivity index (χ1n) is 6.58. The van der Waals surface area contributed by atoms with Crippen LogP contribution in [0.5, 0.6) is 0 Å². The molecule has 1 saturated carbocycles. The summed E-state index contributed by atoms with van der Waals surface area (Å²) in [5.74, 6) is 1.21. The van der Waals surface area contributed by atoms with E-state index in [-0.39, 0.29) is 5.69 Å². The van der Waals surface area contributed by atoms with E-state index < -0.39 is 4.92 Å². The molecule has 20 heavy (non-hydrogen) atoms. The van der Waals surface area contributed by atoms with Crippen molar-refractivity contribution >= 4 is 11.5 Å². The van der Waals surface area contributed by atoms with Crippen molar-refractivity contribution in [1.29, 1.82) is 0 Å². The van der Waals surface area contributed by atoms with Crippen molar-refractivity contribution in [1.82, 2.24) is 4.98 Å². The Morgan fingerprint density at radius 2 is 2.00 bits per heavy atom. The van der Waals surface area contributed by atoms with Crippen molar-refractivity contribution in [3.05, 3.63) is 63.8 Å². The first-order valence-corrected chi connectivity index (χ1v) is 6.58. The third-order valence-electron chi connectivity index (χ3n) is 3.61. The van der Waals surface area contributed by atoms with Crippen molar-refractivity contribution in [3.8, 4) is 0 Å². The van der Waals surface area contributed by atoms with Gasteiger partial charge < -0.3 is 5.32 Å². The molecule has 5 heteroatoms. The maximum absolute atomic E-state index is 10.7. The Labute approximate surface area is 116 Å². The molecule has 0 aliphatic heterocycles. The number of pyridine rings is 1. The predicted octanol–water partition coefficient (Wildman–Crippen LogP) is 3.27. The molecule has 0 saturated heterocycles. The predicted molar refractivity (Wildman–Crippen MR) is 76.8 cm³/mol. The lowest BCUT2D eigenvalue weighted by atomic mass is 10.1. The van der Waals surface area contributed by atoms with Gasteiger partial charge in [-0.25, -0.2) is 4.98 Å². The topological polar surface area (TPSA) is 68.1 Å². The normalized spacial score (nSPS) is 20.4. The van der Waals surface area contributed by atoms with E-state index in [1.165, 1.54) is 11.6 Å². The lowest BCUT2D eigenvalue weighted by Crippen LogP contribution is -2.07. The number of hydrogen-bond acceptors (Lipinski definition) is 4. The van der Waals surface area contributed by atoms with Crippen LogP contribution in [0.3, 0.4) is 0 Å². The van der Waals surface area contributed by atoms with Crippen LogP contribution in [0.1, 0.15) is 23.6 Å². The minimum absolute atomic E-state index is 0.0611. The molecule has 1 fully saturated rings. The maximum Gasteiger partial charge on any atom is 0.290 e. The molecule has 0 amide bonds. The molecule has 5 nitrogen and oxygen atoms in total. The van der Waals surface area contributed by atoms with Gasteiger partial charge in [0.2, 0.25) is 0 Å². The molecule has 1 aliphatic rings. The highest BCUT2D eigenvalue weighted by Crippen LogP contribution is 2.42. The van der Waals surface area contributed by atoms with E-state index in [0.717, 1.165) is 6.42 Å². The molecule has 1 N–H and O–H groups in total. The zero-order chi connectivity index (χ0) is 14.1. The lowest BCUT2D eigenvalue weighted by molar-refractivity contribution is -0.385. The molecule has 3 rings (SSSR count). The van der Waals surface area contributed by atoms with E-state index in [9.17, 15) is 10.1 Å². The van der Waals surface area contributed by atoms with Crippen molar-refractivity contribution in [2.24, 2.45) is 0 Å². The minimum Gasteiger partial charge on any atom is -0.367 e. The number of nitro groups is 1. The van der Waals surface area contributed by atoms with Crippen LogP contribution in [0, 0.1) is 17.0 Å². The van der Waals surface area contributed by atoms with E-state index in [1.54, 1.807) is 13.0 Å². The van der Waals surface area contributed by atoms with Gasteiger partial charge in [-0.05, 0) is 25.0 Å². The fourth-order valence-corrected chi connectivity index (χ4v) is 2.44. The monoisotopic (exact) mass is 269 g/mol. The van der Waals surface area contributed by atoms with E-state index in [1.807, 2.05) is 18.2 Å². The van der Waals surface area contributed by atoms with Crippen LogP contribution in [0.2, 0.25) is 0 Å². The van der Waals surface area contributed by atoms with Crippen LogP contribution in [-0.2, 0) is 0 Å². The van der Waals surface area contributed by atoms with Crippen molar-refractivity contribution in [2.45, 2.75) is 25.3 Å². The van der Waals surface area contributed by atoms with Crippen LogP contribution in [-0.4, -0.2) is 15.9 Å². The Morgan fingerprint density at radius 1 is 1.25 bits per heavy atom. The summed E-state index contributed by atoms with van der Waals surface area (Å²) < 4.78 is 0. The number of anilines is 1. The van der Waals surface area contributed by atoms with Gasteiger partial charge in [0, 0.05) is 18.0 Å². The largest absolute Gasteiger partial charge is 0.367 e. The molecule has 102 valence electrons. The van der Waals surface area contributed by atoms with E-state index >= 15 is 0 Å². The Morgan fingerprint density at radius 3 is 2.65 bits per heavy atom. The maximum atomic E-state index is 10.7. The molecule has 0 spiro atoms. The van der Waals surface area contributed by atoms with Gasteiger partial charge in [0.1, 0.15) is 11.5 Å². The lowest BCUT2D eigenvalue weighted by Gasteiger charge is -2.06. The number of aryl methyl sites for hydroxylation is 1. The zero-order valence-electron chi connectivity index (χ0n) is 11.1. The van der Waals surface area contributed by atoms with Crippen LogP contribution in [0.15, 0.2) is 42.5 Å². The second-order valence-electron chi connectivity index (χ2n) is 5.06. The summed E-state index contributed by atoms with van der Waals surface area (Å²) in [5.41, 5.74) is 1.83. The number of nitrogens with one attached hydrogen (secondary N) is 1. The number of benzene rings is 1. The Hall–Kier alpha value is -2.43. The Balaban J connectivity index is 1.68. The highest BCUT2D eigenvalue weighted by molar-refractivity contribution is 5.47. The van der Waals surface area contributed by atoms with Gasteiger partial charge in [-0.1, -0.05) is 30.3 Å². The zero-order valence-corrected chi connectivity index (χ0v) is 11.1. The van der Waals surface area contributed by atoms with Crippen LogP contribution in [0.25, 0.3) is 0 Å². The third-order valence-corrected chi connectivity index (χ3v) is 3.61. The quantitative estimate of drug-likeness (QED) is 0.683. The number of nitrogens with zero attached hydrogens (tertiary/aromatic N) is 2. The van der Waals surface area contributed by atoms with Crippen LogP contribution < -0.4 is 5.32 Å². The molecular weight excluding hydrogens is 254 g/mol. The van der Waals surface area contributed by atoms with Crippen molar-refractivity contribution in [2.75, 3.05) is 5.32 Å². The standard InChI is InChI=1S/C15H15N3O2/c1-10-14(18(19)20)7-8-15(16-10)17-13-9-12(13)11-5-3-2-4-6-11/h2-8,12-13H,9H2,1H3,(H,16,17). The summed E-state index contributed by atoms with van der Waals surface area (Å²) in [6.07, 6.45) is 1.07. The molecule has 2 aromatic rings. The molecule has 1 aliphatic carbocycles. The fraction of sp³-hybridized carbons (Fsp3) is 0.267. The first kappa shape index (κ1) is 12.6. The minimum atomic E-state index is -0.407. The van der Waals surface area contributed by atoms with Crippen molar-refractivity contribution < 1.29 is 4.92 Å². The molecule has 2 atom stereocenters. The molecule has 1 heterocycles.